The summed E-state index contributed by atoms with van der Waals surface area (Å²) in [6.45, 7) is 5.84. The standard InChI is InChI=1S/C16H20N2O2S/c1-2-8-18-14(19)3-5-16(18)6-9-17(10-7-16)15(20)13-4-11-21-12-13/h2,4,11-12H,1,3,5-10H2. The zero-order chi connectivity index (χ0) is 14.9. The van der Waals surface area contributed by atoms with Crippen LogP contribution in [0.2, 0.25) is 0 Å². The van der Waals surface area contributed by atoms with E-state index < -0.39 is 0 Å². The average molecular weight is 304 g/mol. The number of likely N-dealkylation sites (tertiary alicyclic amines) is 2. The van der Waals surface area contributed by atoms with Crippen molar-refractivity contribution >= 4 is 23.2 Å². The monoisotopic (exact) mass is 304 g/mol. The normalized spacial score (nSPS) is 21.0. The number of carbonyl (C=O) groups excluding carboxylic acids is 2. The molecule has 2 fully saturated rings. The fraction of sp³-hybridized carbons (Fsp3) is 0.500. The number of rotatable bonds is 3. The predicted octanol–water partition coefficient (Wildman–Crippen LogP) is 2.53. The fourth-order valence-electron chi connectivity index (χ4n) is 3.51. The van der Waals surface area contributed by atoms with E-state index in [1.165, 1.54) is 0 Å². The van der Waals surface area contributed by atoms with E-state index in [0.29, 0.717) is 13.0 Å². The van der Waals surface area contributed by atoms with E-state index in [4.69, 9.17) is 0 Å². The lowest BCUT2D eigenvalue weighted by Gasteiger charge is -2.44. The molecule has 1 aromatic rings. The minimum atomic E-state index is -0.0449. The summed E-state index contributed by atoms with van der Waals surface area (Å²) in [5.74, 6) is 0.346. The van der Waals surface area contributed by atoms with E-state index in [2.05, 4.69) is 6.58 Å². The summed E-state index contributed by atoms with van der Waals surface area (Å²) in [6.07, 6.45) is 5.10. The molecule has 0 unspecified atom stereocenters. The second-order valence-corrected chi connectivity index (χ2v) is 6.60. The molecule has 3 heterocycles. The van der Waals surface area contributed by atoms with Gasteiger partial charge < -0.3 is 9.80 Å². The maximum absolute atomic E-state index is 12.4. The molecule has 0 aliphatic carbocycles. The van der Waals surface area contributed by atoms with Crippen LogP contribution in [0.4, 0.5) is 0 Å². The predicted molar refractivity (Wildman–Crippen MR) is 83.3 cm³/mol. The Morgan fingerprint density at radius 3 is 2.76 bits per heavy atom. The molecule has 1 spiro atoms. The van der Waals surface area contributed by atoms with Crippen molar-refractivity contribution in [2.24, 2.45) is 0 Å². The van der Waals surface area contributed by atoms with Gasteiger partial charge in [0, 0.05) is 37.0 Å². The van der Waals surface area contributed by atoms with Crippen molar-refractivity contribution in [1.82, 2.24) is 9.80 Å². The van der Waals surface area contributed by atoms with Crippen molar-refractivity contribution in [1.29, 1.82) is 0 Å². The van der Waals surface area contributed by atoms with Crippen LogP contribution in [0, 0.1) is 0 Å². The first-order chi connectivity index (χ1) is 10.2. The Labute approximate surface area is 129 Å². The summed E-state index contributed by atoms with van der Waals surface area (Å²) in [4.78, 5) is 28.3. The SMILES string of the molecule is C=CCN1C(=O)CCC12CCN(C(=O)c1ccsc1)CC2. The molecule has 5 heteroatoms. The second-order valence-electron chi connectivity index (χ2n) is 5.82. The molecule has 2 aliphatic rings. The minimum Gasteiger partial charge on any atom is -0.338 e. The smallest absolute Gasteiger partial charge is 0.254 e. The Hall–Kier alpha value is -1.62. The van der Waals surface area contributed by atoms with Crippen molar-refractivity contribution in [2.75, 3.05) is 19.6 Å². The molecule has 0 atom stereocenters. The van der Waals surface area contributed by atoms with Gasteiger partial charge in [0.25, 0.3) is 5.91 Å². The highest BCUT2D eigenvalue weighted by molar-refractivity contribution is 7.08. The lowest BCUT2D eigenvalue weighted by atomic mass is 9.84. The number of nitrogens with zero attached hydrogens (tertiary/aromatic N) is 2. The topological polar surface area (TPSA) is 40.6 Å². The van der Waals surface area contributed by atoms with Gasteiger partial charge in [0.2, 0.25) is 5.91 Å². The Morgan fingerprint density at radius 2 is 2.14 bits per heavy atom. The summed E-state index contributed by atoms with van der Waals surface area (Å²) < 4.78 is 0. The van der Waals surface area contributed by atoms with E-state index in [1.54, 1.807) is 17.4 Å². The molecule has 3 rings (SSSR count). The average Bonchev–Trinajstić information content (AvgIpc) is 3.12. The molecule has 0 radical (unpaired) electrons. The molecular weight excluding hydrogens is 284 g/mol. The Morgan fingerprint density at radius 1 is 1.38 bits per heavy atom. The first kappa shape index (κ1) is 14.3. The lowest BCUT2D eigenvalue weighted by Crippen LogP contribution is -2.54. The van der Waals surface area contributed by atoms with Gasteiger partial charge in [-0.25, -0.2) is 0 Å². The van der Waals surface area contributed by atoms with Gasteiger partial charge in [0.05, 0.1) is 5.56 Å². The fourth-order valence-corrected chi connectivity index (χ4v) is 4.14. The van der Waals surface area contributed by atoms with Crippen molar-refractivity contribution in [3.05, 3.63) is 35.0 Å². The largest absolute Gasteiger partial charge is 0.338 e. The van der Waals surface area contributed by atoms with Crippen LogP contribution >= 0.6 is 11.3 Å². The van der Waals surface area contributed by atoms with Crippen LogP contribution in [0.5, 0.6) is 0 Å². The number of piperidine rings is 1. The lowest BCUT2D eigenvalue weighted by molar-refractivity contribution is -0.131. The maximum atomic E-state index is 12.4. The van der Waals surface area contributed by atoms with Crippen LogP contribution < -0.4 is 0 Å². The first-order valence-electron chi connectivity index (χ1n) is 7.39. The summed E-state index contributed by atoms with van der Waals surface area (Å²) in [5, 5.41) is 3.83. The molecule has 0 aromatic carbocycles. The van der Waals surface area contributed by atoms with Gasteiger partial charge in [-0.2, -0.15) is 11.3 Å². The number of hydrogen-bond acceptors (Lipinski definition) is 3. The summed E-state index contributed by atoms with van der Waals surface area (Å²) in [5.41, 5.74) is 0.734. The third-order valence-electron chi connectivity index (χ3n) is 4.74. The van der Waals surface area contributed by atoms with Gasteiger partial charge >= 0.3 is 0 Å². The Bertz CT molecular complexity index is 545. The zero-order valence-electron chi connectivity index (χ0n) is 12.1. The Balaban J connectivity index is 1.68. The van der Waals surface area contributed by atoms with Crippen LogP contribution in [-0.2, 0) is 4.79 Å². The number of thiophene rings is 1. The van der Waals surface area contributed by atoms with Gasteiger partial charge in [-0.05, 0) is 30.7 Å². The van der Waals surface area contributed by atoms with Gasteiger partial charge in [0.1, 0.15) is 0 Å². The van der Waals surface area contributed by atoms with Crippen molar-refractivity contribution in [3.8, 4) is 0 Å². The molecule has 0 N–H and O–H groups in total. The molecule has 112 valence electrons. The van der Waals surface area contributed by atoms with Crippen LogP contribution in [0.15, 0.2) is 29.5 Å². The van der Waals surface area contributed by atoms with Gasteiger partial charge in [-0.1, -0.05) is 6.08 Å². The Kier molecular flexibility index (Phi) is 3.85. The molecule has 0 saturated carbocycles. The number of carbonyl (C=O) groups is 2. The summed E-state index contributed by atoms with van der Waals surface area (Å²) in [7, 11) is 0. The van der Waals surface area contributed by atoms with E-state index in [1.807, 2.05) is 26.6 Å². The molecule has 2 aliphatic heterocycles. The van der Waals surface area contributed by atoms with Crippen molar-refractivity contribution in [3.63, 3.8) is 0 Å². The molecule has 21 heavy (non-hydrogen) atoms. The van der Waals surface area contributed by atoms with Crippen molar-refractivity contribution < 1.29 is 9.59 Å². The molecule has 0 bridgehead atoms. The number of amides is 2. The molecule has 4 nitrogen and oxygen atoms in total. The highest BCUT2D eigenvalue weighted by Gasteiger charge is 2.46. The third-order valence-corrected chi connectivity index (χ3v) is 5.42. The first-order valence-corrected chi connectivity index (χ1v) is 8.33. The highest BCUT2D eigenvalue weighted by atomic mass is 32.1. The zero-order valence-corrected chi connectivity index (χ0v) is 12.9. The van der Waals surface area contributed by atoms with Gasteiger partial charge in [-0.3, -0.25) is 9.59 Å². The van der Waals surface area contributed by atoms with Crippen molar-refractivity contribution in [2.45, 2.75) is 31.2 Å². The van der Waals surface area contributed by atoms with E-state index in [0.717, 1.165) is 37.9 Å². The van der Waals surface area contributed by atoms with Gasteiger partial charge in [-0.15, -0.1) is 6.58 Å². The van der Waals surface area contributed by atoms with Gasteiger partial charge in [0.15, 0.2) is 0 Å². The summed E-state index contributed by atoms with van der Waals surface area (Å²) in [6, 6.07) is 1.88. The molecule has 2 saturated heterocycles. The van der Waals surface area contributed by atoms with E-state index >= 15 is 0 Å². The molecular formula is C16H20N2O2S. The molecule has 1 aromatic heterocycles. The van der Waals surface area contributed by atoms with E-state index in [-0.39, 0.29) is 17.4 Å². The maximum Gasteiger partial charge on any atom is 0.254 e. The van der Waals surface area contributed by atoms with Crippen LogP contribution in [-0.4, -0.2) is 46.8 Å². The quantitative estimate of drug-likeness (QED) is 0.805. The van der Waals surface area contributed by atoms with Crippen LogP contribution in [0.3, 0.4) is 0 Å². The number of hydrogen-bond donors (Lipinski definition) is 0. The second kappa shape index (κ2) is 5.64. The minimum absolute atomic E-state index is 0.0449. The highest BCUT2D eigenvalue weighted by Crippen LogP contribution is 2.39. The third kappa shape index (κ3) is 2.50. The molecule has 2 amide bonds. The van der Waals surface area contributed by atoms with Crippen LogP contribution in [0.1, 0.15) is 36.0 Å². The summed E-state index contributed by atoms with van der Waals surface area (Å²) >= 11 is 1.55. The van der Waals surface area contributed by atoms with Crippen LogP contribution in [0.25, 0.3) is 0 Å². The van der Waals surface area contributed by atoms with E-state index in [9.17, 15) is 9.59 Å².